The Morgan fingerprint density at radius 2 is 1.86 bits per heavy atom. The Labute approximate surface area is 84.9 Å². The van der Waals surface area contributed by atoms with Gasteiger partial charge in [0.25, 0.3) is 0 Å². The van der Waals surface area contributed by atoms with Crippen molar-refractivity contribution in [3.8, 4) is 0 Å². The van der Waals surface area contributed by atoms with Crippen LogP contribution in [0.1, 0.15) is 51.4 Å². The molecule has 0 aromatic heterocycles. The average Bonchev–Trinajstić information content (AvgIpc) is 2.25. The summed E-state index contributed by atoms with van der Waals surface area (Å²) in [5, 5.41) is 15.0. The fraction of sp³-hybridized carbons (Fsp3) is 1.00. The highest BCUT2D eigenvalue weighted by Crippen LogP contribution is 2.27. The minimum atomic E-state index is 0.479. The zero-order valence-corrected chi connectivity index (χ0v) is 8.61. The highest BCUT2D eigenvalue weighted by atomic mass is 17.6. The molecule has 0 aromatic carbocycles. The van der Waals surface area contributed by atoms with Crippen molar-refractivity contribution in [1.29, 1.82) is 0 Å². The van der Waals surface area contributed by atoms with Crippen LogP contribution in [0.3, 0.4) is 0 Å². The summed E-state index contributed by atoms with van der Waals surface area (Å²) in [6.45, 7) is 0.479. The van der Waals surface area contributed by atoms with E-state index in [1.807, 2.05) is 0 Å². The molecule has 1 N–H and O–H groups in total. The maximum atomic E-state index is 7.78. The molecular formula is C10H20O4. The molecule has 1 saturated carbocycles. The second-order valence-electron chi connectivity index (χ2n) is 3.96. The molecule has 0 bridgehead atoms. The number of rotatable bonds is 7. The summed E-state index contributed by atoms with van der Waals surface area (Å²) in [5.41, 5.74) is 0. The van der Waals surface area contributed by atoms with Crippen molar-refractivity contribution in [1.82, 2.24) is 0 Å². The molecule has 0 aromatic rings. The van der Waals surface area contributed by atoms with E-state index in [2.05, 4.69) is 15.0 Å². The van der Waals surface area contributed by atoms with E-state index in [-0.39, 0.29) is 0 Å². The van der Waals surface area contributed by atoms with Crippen LogP contribution in [0, 0.1) is 5.92 Å². The van der Waals surface area contributed by atoms with Crippen LogP contribution in [0.2, 0.25) is 0 Å². The molecule has 84 valence electrons. The van der Waals surface area contributed by atoms with Crippen LogP contribution in [-0.2, 0) is 15.0 Å². The van der Waals surface area contributed by atoms with E-state index in [4.69, 9.17) is 5.26 Å². The van der Waals surface area contributed by atoms with E-state index in [9.17, 15) is 0 Å². The standard InChI is InChI=1S/C10H20O4/c11-13-14-12-9-5-4-8-10-6-2-1-3-7-10/h10-11H,1-9H2. The van der Waals surface area contributed by atoms with Gasteiger partial charge in [0.1, 0.15) is 0 Å². The van der Waals surface area contributed by atoms with Gasteiger partial charge in [0.15, 0.2) is 0 Å². The fourth-order valence-electron chi connectivity index (χ4n) is 2.13. The Bertz CT molecular complexity index is 123. The lowest BCUT2D eigenvalue weighted by atomic mass is 9.86. The topological polar surface area (TPSA) is 47.9 Å². The lowest BCUT2D eigenvalue weighted by Gasteiger charge is -2.20. The van der Waals surface area contributed by atoms with Gasteiger partial charge in [-0.2, -0.15) is 0 Å². The molecule has 0 spiro atoms. The highest BCUT2D eigenvalue weighted by Gasteiger charge is 2.12. The van der Waals surface area contributed by atoms with E-state index in [1.54, 1.807) is 0 Å². The van der Waals surface area contributed by atoms with Gasteiger partial charge in [0, 0.05) is 0 Å². The molecule has 0 radical (unpaired) electrons. The van der Waals surface area contributed by atoms with Crippen LogP contribution in [0.25, 0.3) is 0 Å². The zero-order valence-electron chi connectivity index (χ0n) is 8.61. The Morgan fingerprint density at radius 3 is 2.57 bits per heavy atom. The van der Waals surface area contributed by atoms with Gasteiger partial charge < -0.3 is 0 Å². The van der Waals surface area contributed by atoms with Crippen LogP contribution in [0.15, 0.2) is 0 Å². The maximum absolute atomic E-state index is 7.78. The molecule has 1 aliphatic rings. The molecule has 4 nitrogen and oxygen atoms in total. The van der Waals surface area contributed by atoms with E-state index < -0.39 is 0 Å². The third kappa shape index (κ3) is 5.54. The Morgan fingerprint density at radius 1 is 1.07 bits per heavy atom. The van der Waals surface area contributed by atoms with E-state index in [1.165, 1.54) is 44.9 Å². The van der Waals surface area contributed by atoms with Crippen molar-refractivity contribution in [3.05, 3.63) is 0 Å². The summed E-state index contributed by atoms with van der Waals surface area (Å²) in [6.07, 6.45) is 10.4. The summed E-state index contributed by atoms with van der Waals surface area (Å²) in [5.74, 6) is 0.929. The van der Waals surface area contributed by atoms with Gasteiger partial charge in [0.05, 0.1) is 6.61 Å². The summed E-state index contributed by atoms with van der Waals surface area (Å²) < 4.78 is 0. The van der Waals surface area contributed by atoms with Gasteiger partial charge in [-0.1, -0.05) is 44.9 Å². The summed E-state index contributed by atoms with van der Waals surface area (Å²) in [7, 11) is 0. The molecular weight excluding hydrogens is 184 g/mol. The number of hydrogen-bond acceptors (Lipinski definition) is 4. The normalized spacial score (nSPS) is 18.6. The molecule has 0 unspecified atom stereocenters. The molecule has 1 fully saturated rings. The van der Waals surface area contributed by atoms with Crippen LogP contribution < -0.4 is 0 Å². The quantitative estimate of drug-likeness (QED) is 0.393. The van der Waals surface area contributed by atoms with Crippen molar-refractivity contribution >= 4 is 0 Å². The summed E-state index contributed by atoms with van der Waals surface area (Å²) in [4.78, 5) is 4.50. The van der Waals surface area contributed by atoms with Crippen LogP contribution in [-0.4, -0.2) is 11.9 Å². The smallest absolute Gasteiger partial charge is 0.0854 e. The molecule has 1 aliphatic carbocycles. The largest absolute Gasteiger partial charge is 0.219 e. The Hall–Kier alpha value is -0.160. The fourth-order valence-corrected chi connectivity index (χ4v) is 2.13. The third-order valence-electron chi connectivity index (χ3n) is 2.89. The first kappa shape index (κ1) is 11.9. The molecule has 1 rings (SSSR count). The molecule has 0 aliphatic heterocycles. The monoisotopic (exact) mass is 204 g/mol. The first-order chi connectivity index (χ1) is 6.93. The molecule has 0 atom stereocenters. The molecule has 0 heterocycles. The molecule has 0 saturated heterocycles. The minimum absolute atomic E-state index is 0.479. The highest BCUT2D eigenvalue weighted by molar-refractivity contribution is 4.65. The number of unbranched alkanes of at least 4 members (excludes halogenated alkanes) is 1. The second kappa shape index (κ2) is 8.17. The maximum Gasteiger partial charge on any atom is 0.0854 e. The van der Waals surface area contributed by atoms with Crippen LogP contribution in [0.5, 0.6) is 0 Å². The number of hydrogen-bond donors (Lipinski definition) is 1. The molecule has 14 heavy (non-hydrogen) atoms. The van der Waals surface area contributed by atoms with Gasteiger partial charge in [-0.15, -0.1) is 0 Å². The predicted molar refractivity (Wildman–Crippen MR) is 51.2 cm³/mol. The van der Waals surface area contributed by atoms with E-state index >= 15 is 0 Å². The van der Waals surface area contributed by atoms with Crippen molar-refractivity contribution in [3.63, 3.8) is 0 Å². The van der Waals surface area contributed by atoms with Gasteiger partial charge in [-0.05, 0) is 22.4 Å². The predicted octanol–water partition coefficient (Wildman–Crippen LogP) is 3.09. The van der Waals surface area contributed by atoms with Crippen molar-refractivity contribution in [2.75, 3.05) is 6.61 Å². The molecule has 0 amide bonds. The van der Waals surface area contributed by atoms with Gasteiger partial charge in [-0.25, -0.2) is 10.1 Å². The van der Waals surface area contributed by atoms with Crippen LogP contribution >= 0.6 is 0 Å². The van der Waals surface area contributed by atoms with Crippen molar-refractivity contribution in [2.45, 2.75) is 51.4 Å². The first-order valence-corrected chi connectivity index (χ1v) is 5.53. The van der Waals surface area contributed by atoms with Crippen molar-refractivity contribution < 1.29 is 20.2 Å². The van der Waals surface area contributed by atoms with Gasteiger partial charge in [-0.3, -0.25) is 0 Å². The Kier molecular flexibility index (Phi) is 6.95. The minimum Gasteiger partial charge on any atom is -0.219 e. The van der Waals surface area contributed by atoms with Gasteiger partial charge in [0.2, 0.25) is 0 Å². The average molecular weight is 204 g/mol. The second-order valence-corrected chi connectivity index (χ2v) is 3.96. The van der Waals surface area contributed by atoms with E-state index in [0.29, 0.717) is 6.61 Å². The van der Waals surface area contributed by atoms with Crippen molar-refractivity contribution in [2.24, 2.45) is 5.92 Å². The van der Waals surface area contributed by atoms with E-state index in [0.717, 1.165) is 12.3 Å². The molecule has 4 heteroatoms. The SMILES string of the molecule is OOOOCCCCC1CCCCC1. The summed E-state index contributed by atoms with van der Waals surface area (Å²) >= 11 is 0. The zero-order chi connectivity index (χ0) is 10.1. The van der Waals surface area contributed by atoms with Gasteiger partial charge >= 0.3 is 0 Å². The lowest BCUT2D eigenvalue weighted by Crippen LogP contribution is -2.06. The summed E-state index contributed by atoms with van der Waals surface area (Å²) in [6, 6.07) is 0. The third-order valence-corrected chi connectivity index (χ3v) is 2.89. The lowest BCUT2D eigenvalue weighted by molar-refractivity contribution is -0.623. The first-order valence-electron chi connectivity index (χ1n) is 5.53. The van der Waals surface area contributed by atoms with Crippen LogP contribution in [0.4, 0.5) is 0 Å². The Balaban J connectivity index is 1.82.